The number of ether oxygens (including phenoxy) is 2. The van der Waals surface area contributed by atoms with Gasteiger partial charge in [-0.1, -0.05) is 29.3 Å². The Morgan fingerprint density at radius 3 is 2.28 bits per heavy atom. The molecule has 0 heterocycles. The molecule has 0 aliphatic heterocycles. The van der Waals surface area contributed by atoms with Crippen LogP contribution >= 0.6 is 23.2 Å². The summed E-state index contributed by atoms with van der Waals surface area (Å²) in [7, 11) is 3.16. The maximum atomic E-state index is 9.45. The molecule has 1 aliphatic carbocycles. The first kappa shape index (κ1) is 13.6. The van der Waals surface area contributed by atoms with Crippen molar-refractivity contribution >= 4 is 23.2 Å². The Bertz CT molecular complexity index is 498. The average Bonchev–Trinajstić information content (AvgIpc) is 2.31. The minimum Gasteiger partial charge on any atom is -0.353 e. The highest BCUT2D eigenvalue weighted by molar-refractivity contribution is 6.35. The number of nitrogens with zero attached hydrogens (tertiary/aromatic N) is 1. The zero-order valence-corrected chi connectivity index (χ0v) is 11.7. The molecule has 96 valence electrons. The van der Waals surface area contributed by atoms with Gasteiger partial charge < -0.3 is 9.47 Å². The molecule has 0 amide bonds. The number of halogens is 2. The van der Waals surface area contributed by atoms with Gasteiger partial charge in [-0.2, -0.15) is 5.26 Å². The van der Waals surface area contributed by atoms with Gasteiger partial charge in [-0.15, -0.1) is 0 Å². The van der Waals surface area contributed by atoms with E-state index in [2.05, 4.69) is 6.07 Å². The molecule has 0 spiro atoms. The van der Waals surface area contributed by atoms with E-state index in [-0.39, 0.29) is 0 Å². The normalized spacial score (nSPS) is 19.9. The predicted molar refractivity (Wildman–Crippen MR) is 69.7 cm³/mol. The van der Waals surface area contributed by atoms with Crippen LogP contribution in [0.2, 0.25) is 10.0 Å². The van der Waals surface area contributed by atoms with Crippen LogP contribution in [0.3, 0.4) is 0 Å². The zero-order chi connectivity index (χ0) is 13.4. The third-order valence-corrected chi connectivity index (χ3v) is 4.09. The van der Waals surface area contributed by atoms with Gasteiger partial charge in [0.25, 0.3) is 0 Å². The predicted octanol–water partition coefficient (Wildman–Crippen LogP) is 3.54. The number of methoxy groups -OCH3 is 2. The van der Waals surface area contributed by atoms with E-state index in [1.165, 1.54) is 0 Å². The molecule has 2 rings (SSSR count). The summed E-state index contributed by atoms with van der Waals surface area (Å²) in [4.78, 5) is 0. The molecule has 0 N–H and O–H groups in total. The fourth-order valence-corrected chi connectivity index (χ4v) is 3.04. The van der Waals surface area contributed by atoms with Crippen molar-refractivity contribution in [1.29, 1.82) is 5.26 Å². The molecule has 1 fully saturated rings. The van der Waals surface area contributed by atoms with Gasteiger partial charge >= 0.3 is 0 Å². The van der Waals surface area contributed by atoms with Crippen molar-refractivity contribution in [2.24, 2.45) is 0 Å². The van der Waals surface area contributed by atoms with Gasteiger partial charge in [0.15, 0.2) is 5.79 Å². The van der Waals surface area contributed by atoms with E-state index in [9.17, 15) is 5.26 Å². The second kappa shape index (κ2) is 4.71. The zero-order valence-electron chi connectivity index (χ0n) is 10.2. The highest BCUT2D eigenvalue weighted by Gasteiger charge is 2.58. The minimum atomic E-state index is -0.682. The largest absolute Gasteiger partial charge is 0.353 e. The van der Waals surface area contributed by atoms with Gasteiger partial charge in [0.2, 0.25) is 0 Å². The average molecular weight is 286 g/mol. The fraction of sp³-hybridized carbons (Fsp3) is 0.462. The van der Waals surface area contributed by atoms with E-state index in [4.69, 9.17) is 32.7 Å². The van der Waals surface area contributed by atoms with Gasteiger partial charge in [-0.3, -0.25) is 0 Å². The summed E-state index contributed by atoms with van der Waals surface area (Å²) < 4.78 is 10.6. The molecule has 3 nitrogen and oxygen atoms in total. The summed E-state index contributed by atoms with van der Waals surface area (Å²) >= 11 is 12.0. The summed E-state index contributed by atoms with van der Waals surface area (Å²) in [6, 6.07) is 7.51. The minimum absolute atomic E-state index is 0.463. The molecule has 0 radical (unpaired) electrons. The fourth-order valence-electron chi connectivity index (χ4n) is 2.45. The van der Waals surface area contributed by atoms with Crippen LogP contribution in [-0.4, -0.2) is 20.0 Å². The van der Waals surface area contributed by atoms with Crippen LogP contribution in [0.25, 0.3) is 0 Å². The summed E-state index contributed by atoms with van der Waals surface area (Å²) in [6.07, 6.45) is 0.926. The smallest absolute Gasteiger partial charge is 0.171 e. The second-order valence-corrected chi connectivity index (χ2v) is 5.33. The highest BCUT2D eigenvalue weighted by Crippen LogP contribution is 2.53. The van der Waals surface area contributed by atoms with Crippen LogP contribution < -0.4 is 0 Å². The first-order valence-corrected chi connectivity index (χ1v) is 6.23. The lowest BCUT2D eigenvalue weighted by Crippen LogP contribution is -2.56. The van der Waals surface area contributed by atoms with Gasteiger partial charge in [0, 0.05) is 37.1 Å². The van der Waals surface area contributed by atoms with Crippen molar-refractivity contribution in [3.05, 3.63) is 33.8 Å². The third-order valence-electron chi connectivity index (χ3n) is 3.55. The molecular weight excluding hydrogens is 273 g/mol. The van der Waals surface area contributed by atoms with E-state index in [0.29, 0.717) is 22.9 Å². The van der Waals surface area contributed by atoms with Crippen molar-refractivity contribution in [3.63, 3.8) is 0 Å². The third kappa shape index (κ3) is 2.00. The van der Waals surface area contributed by atoms with Crippen molar-refractivity contribution in [1.82, 2.24) is 0 Å². The number of rotatable bonds is 3. The Kier molecular flexibility index (Phi) is 3.57. The van der Waals surface area contributed by atoms with E-state index >= 15 is 0 Å². The lowest BCUT2D eigenvalue weighted by molar-refractivity contribution is -0.269. The monoisotopic (exact) mass is 285 g/mol. The van der Waals surface area contributed by atoms with Crippen LogP contribution in [-0.2, 0) is 14.9 Å². The summed E-state index contributed by atoms with van der Waals surface area (Å²) in [6.45, 7) is 0. The maximum absolute atomic E-state index is 9.45. The van der Waals surface area contributed by atoms with E-state index in [1.807, 2.05) is 0 Å². The number of hydrogen-bond donors (Lipinski definition) is 0. The molecule has 1 saturated carbocycles. The molecule has 18 heavy (non-hydrogen) atoms. The van der Waals surface area contributed by atoms with Crippen LogP contribution in [0.5, 0.6) is 0 Å². The molecule has 0 saturated heterocycles. The Morgan fingerprint density at radius 2 is 1.83 bits per heavy atom. The quantitative estimate of drug-likeness (QED) is 0.798. The highest BCUT2D eigenvalue weighted by atomic mass is 35.5. The Hall–Kier alpha value is -0.790. The molecule has 0 unspecified atom stereocenters. The van der Waals surface area contributed by atoms with E-state index in [1.54, 1.807) is 32.4 Å². The van der Waals surface area contributed by atoms with Crippen molar-refractivity contribution in [2.75, 3.05) is 14.2 Å². The van der Waals surface area contributed by atoms with Crippen molar-refractivity contribution < 1.29 is 9.47 Å². The molecule has 0 atom stereocenters. The summed E-state index contributed by atoms with van der Waals surface area (Å²) in [5.74, 6) is -0.682. The molecule has 0 aromatic heterocycles. The Labute approximate surface area is 116 Å². The molecule has 0 bridgehead atoms. The Morgan fingerprint density at radius 1 is 1.22 bits per heavy atom. The van der Waals surface area contributed by atoms with Crippen molar-refractivity contribution in [3.8, 4) is 6.07 Å². The van der Waals surface area contributed by atoms with Crippen LogP contribution in [0.15, 0.2) is 18.2 Å². The summed E-state index contributed by atoms with van der Waals surface area (Å²) in [5.41, 5.74) is 0.119. The van der Waals surface area contributed by atoms with Crippen LogP contribution in [0.1, 0.15) is 18.4 Å². The molecule has 1 aromatic rings. The second-order valence-electron chi connectivity index (χ2n) is 4.49. The molecule has 1 aliphatic rings. The standard InChI is InChI=1S/C13H13Cl2NO2/c1-17-13(18-2)6-12(7-13,8-16)10-4-3-9(14)5-11(10)15/h3-5H,6-7H2,1-2H3. The Balaban J connectivity index is 2.35. The SMILES string of the molecule is COC1(OC)CC(C#N)(c2ccc(Cl)cc2Cl)C1. The molecule has 5 heteroatoms. The van der Waals surface area contributed by atoms with Gasteiger partial charge in [0.05, 0.1) is 11.5 Å². The first-order valence-electron chi connectivity index (χ1n) is 5.48. The van der Waals surface area contributed by atoms with Gasteiger partial charge in [-0.05, 0) is 17.7 Å². The molecule has 1 aromatic carbocycles. The van der Waals surface area contributed by atoms with E-state index < -0.39 is 11.2 Å². The van der Waals surface area contributed by atoms with Crippen LogP contribution in [0.4, 0.5) is 0 Å². The first-order chi connectivity index (χ1) is 8.51. The van der Waals surface area contributed by atoms with E-state index in [0.717, 1.165) is 5.56 Å². The van der Waals surface area contributed by atoms with Gasteiger partial charge in [0.1, 0.15) is 0 Å². The molecular formula is C13H13Cl2NO2. The van der Waals surface area contributed by atoms with Gasteiger partial charge in [-0.25, -0.2) is 0 Å². The number of nitriles is 1. The lowest BCUT2D eigenvalue weighted by atomic mass is 9.61. The number of benzene rings is 1. The topological polar surface area (TPSA) is 42.2 Å². The van der Waals surface area contributed by atoms with Crippen LogP contribution in [0, 0.1) is 11.3 Å². The maximum Gasteiger partial charge on any atom is 0.171 e. The lowest BCUT2D eigenvalue weighted by Gasteiger charge is -2.50. The van der Waals surface area contributed by atoms with Crippen molar-refractivity contribution in [2.45, 2.75) is 24.0 Å². The summed E-state index contributed by atoms with van der Waals surface area (Å²) in [5, 5.41) is 10.5. The number of hydrogen-bond acceptors (Lipinski definition) is 3.